The standard InChI is InChI=1S/C16H25NO4S/c1-12(10-19-2)17(16(18)11-22-5)9-13-6-14(20-3)8-15(7-13)21-4/h6-8,12H,9-11H2,1-5H3/t12-/m1/s1. The summed E-state index contributed by atoms with van der Waals surface area (Å²) in [6.45, 7) is 2.98. The number of carbonyl (C=O) groups is 1. The van der Waals surface area contributed by atoms with Gasteiger partial charge in [-0.2, -0.15) is 11.8 Å². The van der Waals surface area contributed by atoms with Gasteiger partial charge in [0.25, 0.3) is 0 Å². The Bertz CT molecular complexity index is 459. The molecule has 1 atom stereocenters. The van der Waals surface area contributed by atoms with Gasteiger partial charge < -0.3 is 19.1 Å². The van der Waals surface area contributed by atoms with E-state index in [-0.39, 0.29) is 11.9 Å². The summed E-state index contributed by atoms with van der Waals surface area (Å²) in [7, 11) is 4.87. The summed E-state index contributed by atoms with van der Waals surface area (Å²) in [4.78, 5) is 14.2. The van der Waals surface area contributed by atoms with Gasteiger partial charge in [0.2, 0.25) is 5.91 Å². The van der Waals surface area contributed by atoms with E-state index in [1.807, 2.05) is 36.3 Å². The topological polar surface area (TPSA) is 48.0 Å². The molecule has 0 aliphatic carbocycles. The molecule has 5 nitrogen and oxygen atoms in total. The first kappa shape index (κ1) is 18.6. The summed E-state index contributed by atoms with van der Waals surface area (Å²) in [5.74, 6) is 1.98. The molecule has 0 radical (unpaired) electrons. The third-order valence-electron chi connectivity index (χ3n) is 3.29. The van der Waals surface area contributed by atoms with Gasteiger partial charge in [0.05, 0.1) is 32.6 Å². The zero-order chi connectivity index (χ0) is 16.5. The number of methoxy groups -OCH3 is 3. The molecule has 22 heavy (non-hydrogen) atoms. The summed E-state index contributed by atoms with van der Waals surface area (Å²) in [5.41, 5.74) is 0.966. The summed E-state index contributed by atoms with van der Waals surface area (Å²) < 4.78 is 15.8. The fourth-order valence-electron chi connectivity index (χ4n) is 2.18. The molecular formula is C16H25NO4S. The molecule has 0 fully saturated rings. The molecular weight excluding hydrogens is 302 g/mol. The summed E-state index contributed by atoms with van der Waals surface area (Å²) >= 11 is 1.52. The van der Waals surface area contributed by atoms with Crippen LogP contribution in [0.4, 0.5) is 0 Å². The molecule has 0 saturated carbocycles. The molecule has 6 heteroatoms. The van der Waals surface area contributed by atoms with Crippen LogP contribution >= 0.6 is 11.8 Å². The van der Waals surface area contributed by atoms with Crippen LogP contribution in [0.5, 0.6) is 11.5 Å². The van der Waals surface area contributed by atoms with Crippen molar-refractivity contribution < 1.29 is 19.0 Å². The number of nitrogens with zero attached hydrogens (tertiary/aromatic N) is 1. The second kappa shape index (κ2) is 9.58. The predicted molar refractivity (Wildman–Crippen MR) is 89.8 cm³/mol. The number of hydrogen-bond acceptors (Lipinski definition) is 5. The zero-order valence-corrected chi connectivity index (χ0v) is 14.7. The van der Waals surface area contributed by atoms with Crippen molar-refractivity contribution in [2.45, 2.75) is 19.5 Å². The normalized spacial score (nSPS) is 11.9. The van der Waals surface area contributed by atoms with Gasteiger partial charge in [0, 0.05) is 19.7 Å². The Morgan fingerprint density at radius 3 is 2.23 bits per heavy atom. The minimum absolute atomic E-state index is 0.00171. The van der Waals surface area contributed by atoms with Gasteiger partial charge in [-0.1, -0.05) is 0 Å². The number of rotatable bonds is 9. The predicted octanol–water partition coefficient (Wildman–Crippen LogP) is 2.43. The number of carbonyl (C=O) groups excluding carboxylic acids is 1. The van der Waals surface area contributed by atoms with E-state index < -0.39 is 0 Å². The highest BCUT2D eigenvalue weighted by atomic mass is 32.2. The van der Waals surface area contributed by atoms with Crippen LogP contribution in [0.25, 0.3) is 0 Å². The number of ether oxygens (including phenoxy) is 3. The van der Waals surface area contributed by atoms with Gasteiger partial charge in [-0.25, -0.2) is 0 Å². The Morgan fingerprint density at radius 2 is 1.77 bits per heavy atom. The van der Waals surface area contributed by atoms with E-state index in [1.54, 1.807) is 21.3 Å². The molecule has 0 aromatic heterocycles. The van der Waals surface area contributed by atoms with Crippen LogP contribution in [0, 0.1) is 0 Å². The van der Waals surface area contributed by atoms with E-state index in [2.05, 4.69) is 0 Å². The number of benzene rings is 1. The first-order chi connectivity index (χ1) is 10.5. The van der Waals surface area contributed by atoms with Crippen molar-refractivity contribution in [3.05, 3.63) is 23.8 Å². The van der Waals surface area contributed by atoms with Crippen molar-refractivity contribution >= 4 is 17.7 Å². The Kier molecular flexibility index (Phi) is 8.12. The highest BCUT2D eigenvalue weighted by molar-refractivity contribution is 7.99. The largest absolute Gasteiger partial charge is 0.497 e. The third kappa shape index (κ3) is 5.42. The van der Waals surface area contributed by atoms with E-state index in [0.717, 1.165) is 5.56 Å². The van der Waals surface area contributed by atoms with Crippen LogP contribution in [0.15, 0.2) is 18.2 Å². The lowest BCUT2D eigenvalue weighted by Gasteiger charge is -2.29. The van der Waals surface area contributed by atoms with E-state index in [0.29, 0.717) is 30.4 Å². The number of amides is 1. The molecule has 124 valence electrons. The van der Waals surface area contributed by atoms with Gasteiger partial charge in [-0.05, 0) is 30.9 Å². The maximum absolute atomic E-state index is 12.4. The molecule has 0 spiro atoms. The van der Waals surface area contributed by atoms with Crippen molar-refractivity contribution in [2.24, 2.45) is 0 Å². The summed E-state index contributed by atoms with van der Waals surface area (Å²) in [6.07, 6.45) is 1.92. The second-order valence-electron chi connectivity index (χ2n) is 4.98. The average molecular weight is 327 g/mol. The molecule has 0 unspecified atom stereocenters. The lowest BCUT2D eigenvalue weighted by molar-refractivity contribution is -0.132. The Labute approximate surface area is 136 Å². The highest BCUT2D eigenvalue weighted by Crippen LogP contribution is 2.24. The third-order valence-corrected chi connectivity index (χ3v) is 3.83. The molecule has 1 aromatic rings. The Hall–Kier alpha value is -1.40. The maximum atomic E-state index is 12.4. The van der Waals surface area contributed by atoms with Gasteiger partial charge in [-0.15, -0.1) is 0 Å². The van der Waals surface area contributed by atoms with Crippen LogP contribution in [0.3, 0.4) is 0 Å². The maximum Gasteiger partial charge on any atom is 0.233 e. The smallest absolute Gasteiger partial charge is 0.233 e. The van der Waals surface area contributed by atoms with Gasteiger partial charge in [0.15, 0.2) is 0 Å². The minimum Gasteiger partial charge on any atom is -0.497 e. The lowest BCUT2D eigenvalue weighted by Crippen LogP contribution is -2.41. The fourth-order valence-corrected chi connectivity index (χ4v) is 2.59. The second-order valence-corrected chi connectivity index (χ2v) is 5.85. The molecule has 1 amide bonds. The van der Waals surface area contributed by atoms with Gasteiger partial charge in [-0.3, -0.25) is 4.79 Å². The van der Waals surface area contributed by atoms with Gasteiger partial charge >= 0.3 is 0 Å². The molecule has 0 saturated heterocycles. The zero-order valence-electron chi connectivity index (χ0n) is 13.9. The van der Waals surface area contributed by atoms with Crippen LogP contribution in [-0.2, 0) is 16.1 Å². The van der Waals surface area contributed by atoms with Crippen molar-refractivity contribution in [3.8, 4) is 11.5 Å². The van der Waals surface area contributed by atoms with E-state index in [4.69, 9.17) is 14.2 Å². The number of hydrogen-bond donors (Lipinski definition) is 0. The van der Waals surface area contributed by atoms with Crippen molar-refractivity contribution in [3.63, 3.8) is 0 Å². The monoisotopic (exact) mass is 327 g/mol. The summed E-state index contributed by atoms with van der Waals surface area (Å²) in [5, 5.41) is 0. The van der Waals surface area contributed by atoms with E-state index in [9.17, 15) is 4.79 Å². The van der Waals surface area contributed by atoms with E-state index >= 15 is 0 Å². The molecule has 0 N–H and O–H groups in total. The van der Waals surface area contributed by atoms with Crippen molar-refractivity contribution in [1.29, 1.82) is 0 Å². The molecule has 1 aromatic carbocycles. The average Bonchev–Trinajstić information content (AvgIpc) is 2.52. The van der Waals surface area contributed by atoms with Gasteiger partial charge in [0.1, 0.15) is 11.5 Å². The molecule has 1 rings (SSSR count). The fraction of sp³-hybridized carbons (Fsp3) is 0.562. The Balaban J connectivity index is 2.99. The van der Waals surface area contributed by atoms with Crippen LogP contribution in [0.2, 0.25) is 0 Å². The van der Waals surface area contributed by atoms with E-state index in [1.165, 1.54) is 11.8 Å². The quantitative estimate of drug-likeness (QED) is 0.697. The number of thioether (sulfide) groups is 1. The molecule has 0 heterocycles. The Morgan fingerprint density at radius 1 is 1.18 bits per heavy atom. The first-order valence-electron chi connectivity index (χ1n) is 7.05. The highest BCUT2D eigenvalue weighted by Gasteiger charge is 2.20. The first-order valence-corrected chi connectivity index (χ1v) is 8.44. The molecule has 0 bridgehead atoms. The molecule has 0 aliphatic heterocycles. The van der Waals surface area contributed by atoms with Crippen molar-refractivity contribution in [2.75, 3.05) is 39.9 Å². The van der Waals surface area contributed by atoms with Crippen LogP contribution < -0.4 is 9.47 Å². The lowest BCUT2D eigenvalue weighted by atomic mass is 10.1. The molecule has 0 aliphatic rings. The SMILES string of the molecule is COC[C@@H](C)N(Cc1cc(OC)cc(OC)c1)C(=O)CSC. The van der Waals surface area contributed by atoms with Crippen LogP contribution in [-0.4, -0.2) is 56.8 Å². The van der Waals surface area contributed by atoms with Crippen LogP contribution in [0.1, 0.15) is 12.5 Å². The summed E-state index contributed by atoms with van der Waals surface area (Å²) in [6, 6.07) is 5.65. The minimum atomic E-state index is 0.00171. The van der Waals surface area contributed by atoms with Crippen molar-refractivity contribution in [1.82, 2.24) is 4.90 Å².